The average molecular weight is 498 g/mol. The van der Waals surface area contributed by atoms with Gasteiger partial charge >= 0.3 is 88.1 Å². The van der Waals surface area contributed by atoms with Crippen molar-refractivity contribution in [2.24, 2.45) is 0 Å². The minimum atomic E-state index is -5.09. The minimum Gasteiger partial charge on any atom is -0.398 e. The van der Waals surface area contributed by atoms with Crippen molar-refractivity contribution in [2.45, 2.75) is 6.92 Å². The molecule has 6 N–H and O–H groups in total. The summed E-state index contributed by atoms with van der Waals surface area (Å²) in [6.45, 7) is 1.29. The van der Waals surface area contributed by atoms with Crippen LogP contribution in [-0.4, -0.2) is 44.9 Å². The van der Waals surface area contributed by atoms with Crippen LogP contribution in [-0.2, 0) is 8.53 Å². The van der Waals surface area contributed by atoms with Gasteiger partial charge in [-0.2, -0.15) is 0 Å². The molecule has 3 aromatic carbocycles. The molecule has 0 spiro atoms. The summed E-state index contributed by atoms with van der Waals surface area (Å²) in [5.74, 6) is -1.16. The number of phenolic OH excluding ortho intramolecular Hbond substituents is 1. The number of amides is 1. The first-order valence-electron chi connectivity index (χ1n) is 9.24. The quantitative estimate of drug-likeness (QED) is 0.201. The van der Waals surface area contributed by atoms with Crippen molar-refractivity contribution >= 4 is 47.4 Å². The Bertz CT molecular complexity index is 1300. The van der Waals surface area contributed by atoms with E-state index in [0.29, 0.717) is 27.9 Å². The van der Waals surface area contributed by atoms with Crippen molar-refractivity contribution in [1.29, 1.82) is 0 Å². The van der Waals surface area contributed by atoms with Gasteiger partial charge in [0.25, 0.3) is 0 Å². The first-order chi connectivity index (χ1) is 15.0. The molecule has 0 radical (unpaired) electrons. The van der Waals surface area contributed by atoms with Crippen LogP contribution in [0.1, 0.15) is 38.8 Å². The number of ketones is 2. The molecule has 0 saturated heterocycles. The monoisotopic (exact) mass is 498 g/mol. The van der Waals surface area contributed by atoms with E-state index in [1.807, 2.05) is 0 Å². The molecular weight excluding hydrogens is 479 g/mol. The van der Waals surface area contributed by atoms with E-state index in [1.54, 1.807) is 42.5 Å². The summed E-state index contributed by atoms with van der Waals surface area (Å²) in [6, 6.07) is 15.3. The van der Waals surface area contributed by atoms with Gasteiger partial charge in [0.1, 0.15) is 0 Å². The molecule has 0 fully saturated rings. The Kier molecular flexibility index (Phi) is 6.36. The maximum atomic E-state index is 12.2. The van der Waals surface area contributed by atoms with Gasteiger partial charge in [-0.3, -0.25) is 9.59 Å². The number of rotatable bonds is 2. The summed E-state index contributed by atoms with van der Waals surface area (Å²) in [6.07, 6.45) is 0. The van der Waals surface area contributed by atoms with Crippen LogP contribution in [0.3, 0.4) is 0 Å². The van der Waals surface area contributed by atoms with Crippen molar-refractivity contribution in [3.05, 3.63) is 82.9 Å². The van der Waals surface area contributed by atoms with Crippen LogP contribution in [0.25, 0.3) is 0 Å². The third kappa shape index (κ3) is 4.65. The second kappa shape index (κ2) is 8.84. The van der Waals surface area contributed by atoms with Crippen LogP contribution in [0.2, 0.25) is 0 Å². The number of benzene rings is 3. The number of phenols is 1. The van der Waals surface area contributed by atoms with E-state index in [9.17, 15) is 23.2 Å². The van der Waals surface area contributed by atoms with Gasteiger partial charge in [-0.1, -0.05) is 36.4 Å². The zero-order valence-corrected chi connectivity index (χ0v) is 18.6. The fourth-order valence-corrected chi connectivity index (χ4v) is 4.55. The van der Waals surface area contributed by atoms with Gasteiger partial charge in [-0.05, 0) is 6.07 Å². The average Bonchev–Trinajstić information content (AvgIpc) is 2.71. The Labute approximate surface area is 185 Å². The number of carbonyl (C=O) groups is 3. The maximum absolute atomic E-state index is 12.2. The zero-order valence-electron chi connectivity index (χ0n) is 16.8. The van der Waals surface area contributed by atoms with Crippen molar-refractivity contribution < 1.29 is 31.4 Å². The first kappa shape index (κ1) is 23.0. The van der Waals surface area contributed by atoms with E-state index in [0.717, 1.165) is 12.1 Å². The topological polar surface area (TPSA) is 167 Å². The van der Waals surface area contributed by atoms with Gasteiger partial charge in [-0.25, -0.2) is 0 Å². The van der Waals surface area contributed by atoms with Crippen molar-refractivity contribution in [2.75, 3.05) is 11.1 Å². The van der Waals surface area contributed by atoms with Crippen LogP contribution >= 0.6 is 0 Å². The van der Waals surface area contributed by atoms with Crippen LogP contribution < -0.4 is 15.4 Å². The fourth-order valence-electron chi connectivity index (χ4n) is 3.22. The Morgan fingerprint density at radius 2 is 1.50 bits per heavy atom. The normalized spacial score (nSPS) is 12.2. The van der Waals surface area contributed by atoms with E-state index < -0.39 is 24.3 Å². The molecule has 10 heteroatoms. The molecule has 0 atom stereocenters. The van der Waals surface area contributed by atoms with Gasteiger partial charge in [0.2, 0.25) is 0 Å². The van der Waals surface area contributed by atoms with Gasteiger partial charge in [-0.15, -0.1) is 0 Å². The predicted molar refractivity (Wildman–Crippen MR) is 117 cm³/mol. The number of nitrogens with two attached hydrogens (primary N) is 1. The molecule has 0 bridgehead atoms. The van der Waals surface area contributed by atoms with Crippen molar-refractivity contribution in [3.63, 3.8) is 0 Å². The van der Waals surface area contributed by atoms with Crippen molar-refractivity contribution in [1.82, 2.24) is 0 Å². The van der Waals surface area contributed by atoms with E-state index in [4.69, 9.17) is 13.9 Å². The molecule has 0 unspecified atom stereocenters. The van der Waals surface area contributed by atoms with Gasteiger partial charge in [0.05, 0.1) is 5.56 Å². The Morgan fingerprint density at radius 1 is 0.906 bits per heavy atom. The van der Waals surface area contributed by atoms with E-state index in [1.165, 1.54) is 13.0 Å². The third-order valence-corrected chi connectivity index (χ3v) is 6.70. The molecule has 1 aliphatic rings. The van der Waals surface area contributed by atoms with E-state index in [-0.39, 0.29) is 23.2 Å². The largest absolute Gasteiger partial charge is 0.398 e. The molecule has 4 rings (SSSR count). The summed E-state index contributed by atoms with van der Waals surface area (Å²) in [5, 5.41) is 11.7. The number of carbonyl (C=O) groups excluding carboxylic acids is 3. The summed E-state index contributed by atoms with van der Waals surface area (Å²) in [4.78, 5) is 35.1. The van der Waals surface area contributed by atoms with Crippen LogP contribution in [0, 0.1) is 0 Å². The van der Waals surface area contributed by atoms with Gasteiger partial charge in [0, 0.05) is 22.4 Å². The molecule has 164 valence electrons. The molecule has 0 heterocycles. The molecule has 1 amide bonds. The number of hydrogen-bond donors (Lipinski definition) is 5. The van der Waals surface area contributed by atoms with E-state index in [2.05, 4.69) is 5.32 Å². The van der Waals surface area contributed by atoms with Gasteiger partial charge < -0.3 is 5.73 Å². The number of aromatic hydroxyl groups is 1. The Morgan fingerprint density at radius 3 is 2.06 bits per heavy atom. The molecule has 0 aromatic heterocycles. The number of nitrogens with one attached hydrogen (secondary N) is 1. The molecule has 9 nitrogen and oxygen atoms in total. The Balaban J connectivity index is 0.000000183. The fraction of sp³-hybridized carbons (Fsp3) is 0.0455. The summed E-state index contributed by atoms with van der Waals surface area (Å²) in [5.41, 5.74) is 8.03. The molecule has 0 saturated carbocycles. The second-order valence-corrected chi connectivity index (χ2v) is 10.2. The number of anilines is 2. The maximum Gasteiger partial charge on any atom is 0.196 e. The zero-order chi connectivity index (χ0) is 23.6. The molecule has 0 aliphatic heterocycles. The molecule has 3 aromatic rings. The smallest absolute Gasteiger partial charge is 0.196 e. The number of nitrogen functional groups attached to an aromatic ring is 1. The molecule has 32 heavy (non-hydrogen) atoms. The third-order valence-electron chi connectivity index (χ3n) is 4.59. The molecule has 1 aliphatic carbocycles. The van der Waals surface area contributed by atoms with Crippen molar-refractivity contribution in [3.8, 4) is 5.75 Å². The summed E-state index contributed by atoms with van der Waals surface area (Å²) < 4.78 is 28.2. The standard InChI is InChI=1S/C14H9NO2.C8H10AsNO5/c15-11-7-3-6-10-12(11)14(17)9-5-2-1-4-8(9)13(10)16;1-5(11)10-6-2-3-7(8(12)4-6)9(13,14)15/h1-7H,15H2;2-4,12H,1H3,(H,10,11)(H2,13,14,15). The van der Waals surface area contributed by atoms with E-state index >= 15 is 0 Å². The predicted octanol–water partition coefficient (Wildman–Crippen LogP) is 0.956. The SMILES string of the molecule is CC(=O)Nc1ccc([As](=O)(O)O)c(O)c1.Nc1cccc2c1C(=O)c1ccccc1C2=O. The van der Waals surface area contributed by atoms with Gasteiger partial charge in [0.15, 0.2) is 11.6 Å². The number of hydrogen-bond acceptors (Lipinski definition) is 6. The second-order valence-electron chi connectivity index (χ2n) is 6.90. The minimum absolute atomic E-state index is 0.137. The summed E-state index contributed by atoms with van der Waals surface area (Å²) >= 11 is -5.09. The van der Waals surface area contributed by atoms with Crippen LogP contribution in [0.4, 0.5) is 11.4 Å². The molecular formula is C22H19AsN2O7. The number of fused-ring (bicyclic) bond motifs is 2. The first-order valence-corrected chi connectivity index (χ1v) is 12.6. The Hall–Kier alpha value is -3.65. The van der Waals surface area contributed by atoms with Crippen LogP contribution in [0.15, 0.2) is 60.7 Å². The van der Waals surface area contributed by atoms with Crippen LogP contribution in [0.5, 0.6) is 5.75 Å². The summed E-state index contributed by atoms with van der Waals surface area (Å²) in [7, 11) is 0.